The largest absolute Gasteiger partial charge is 0.497 e. The van der Waals surface area contributed by atoms with Gasteiger partial charge in [0.1, 0.15) is 23.8 Å². The third-order valence-electron chi connectivity index (χ3n) is 3.57. The number of aromatic nitrogens is 2. The predicted octanol–water partition coefficient (Wildman–Crippen LogP) is 1.87. The Hall–Kier alpha value is -2.83. The van der Waals surface area contributed by atoms with E-state index < -0.39 is 0 Å². The molecule has 1 aliphatic heterocycles. The Labute approximate surface area is 134 Å². The Bertz CT molecular complexity index is 748. The fraction of sp³-hybridized carbons (Fsp3) is 0.312. The lowest BCUT2D eigenvalue weighted by molar-refractivity contribution is 0.0971. The lowest BCUT2D eigenvalue weighted by atomic mass is 10.2. The SMILES string of the molecule is CNc1nc(C)cc(C(=O)N2CCOc3ccc(OC)cc32)n1. The van der Waals surface area contributed by atoms with Crippen LogP contribution in [-0.2, 0) is 0 Å². The quantitative estimate of drug-likeness (QED) is 0.932. The molecule has 7 nitrogen and oxygen atoms in total. The number of methoxy groups -OCH3 is 1. The van der Waals surface area contributed by atoms with Gasteiger partial charge in [-0.1, -0.05) is 0 Å². The summed E-state index contributed by atoms with van der Waals surface area (Å²) < 4.78 is 10.9. The van der Waals surface area contributed by atoms with Crippen molar-refractivity contribution in [1.82, 2.24) is 9.97 Å². The third kappa shape index (κ3) is 2.90. The summed E-state index contributed by atoms with van der Waals surface area (Å²) in [6, 6.07) is 7.08. The molecular weight excluding hydrogens is 296 g/mol. The van der Waals surface area contributed by atoms with E-state index >= 15 is 0 Å². The van der Waals surface area contributed by atoms with Gasteiger partial charge in [0.05, 0.1) is 19.3 Å². The highest BCUT2D eigenvalue weighted by Gasteiger charge is 2.26. The lowest BCUT2D eigenvalue weighted by Gasteiger charge is -2.29. The van der Waals surface area contributed by atoms with Crippen LogP contribution in [0.3, 0.4) is 0 Å². The van der Waals surface area contributed by atoms with Crippen LogP contribution in [0.5, 0.6) is 11.5 Å². The number of carbonyl (C=O) groups excluding carboxylic acids is 1. The van der Waals surface area contributed by atoms with Crippen LogP contribution < -0.4 is 19.7 Å². The van der Waals surface area contributed by atoms with E-state index in [1.807, 2.05) is 6.92 Å². The van der Waals surface area contributed by atoms with Crippen LogP contribution in [0, 0.1) is 6.92 Å². The molecule has 1 aromatic carbocycles. The second-order valence-corrected chi connectivity index (χ2v) is 5.11. The van der Waals surface area contributed by atoms with Crippen LogP contribution in [-0.4, -0.2) is 43.2 Å². The number of ether oxygens (including phenoxy) is 2. The van der Waals surface area contributed by atoms with Crippen molar-refractivity contribution in [2.75, 3.05) is 37.5 Å². The minimum absolute atomic E-state index is 0.190. The highest BCUT2D eigenvalue weighted by Crippen LogP contribution is 2.35. The van der Waals surface area contributed by atoms with Crippen molar-refractivity contribution < 1.29 is 14.3 Å². The first-order valence-corrected chi connectivity index (χ1v) is 7.28. The van der Waals surface area contributed by atoms with Gasteiger partial charge in [0, 0.05) is 18.8 Å². The maximum absolute atomic E-state index is 12.9. The van der Waals surface area contributed by atoms with Crippen molar-refractivity contribution in [2.45, 2.75) is 6.92 Å². The first kappa shape index (κ1) is 15.1. The Morgan fingerprint density at radius 1 is 1.35 bits per heavy atom. The van der Waals surface area contributed by atoms with Crippen LogP contribution >= 0.6 is 0 Å². The van der Waals surface area contributed by atoms with Gasteiger partial charge in [0.2, 0.25) is 5.95 Å². The summed E-state index contributed by atoms with van der Waals surface area (Å²) in [5.41, 5.74) is 1.76. The minimum atomic E-state index is -0.190. The van der Waals surface area contributed by atoms with Gasteiger partial charge in [-0.2, -0.15) is 0 Å². The standard InChI is InChI=1S/C16H18N4O3/c1-10-8-12(19-16(17-2)18-10)15(21)20-6-7-23-14-5-4-11(22-3)9-13(14)20/h4-5,8-9H,6-7H2,1-3H3,(H,17,18,19). The summed E-state index contributed by atoms with van der Waals surface area (Å²) in [7, 11) is 3.31. The Balaban J connectivity index is 2.00. The van der Waals surface area contributed by atoms with Gasteiger partial charge in [-0.25, -0.2) is 9.97 Å². The van der Waals surface area contributed by atoms with Gasteiger partial charge in [0.25, 0.3) is 5.91 Å². The zero-order valence-corrected chi connectivity index (χ0v) is 13.3. The molecule has 120 valence electrons. The van der Waals surface area contributed by atoms with Crippen molar-refractivity contribution in [3.8, 4) is 11.5 Å². The second-order valence-electron chi connectivity index (χ2n) is 5.11. The molecule has 23 heavy (non-hydrogen) atoms. The topological polar surface area (TPSA) is 76.6 Å². The van der Waals surface area contributed by atoms with E-state index in [1.165, 1.54) is 0 Å². The first-order valence-electron chi connectivity index (χ1n) is 7.28. The average molecular weight is 314 g/mol. The molecule has 0 saturated heterocycles. The third-order valence-corrected chi connectivity index (χ3v) is 3.57. The normalized spacial score (nSPS) is 13.1. The van der Waals surface area contributed by atoms with E-state index in [0.29, 0.717) is 42.0 Å². The van der Waals surface area contributed by atoms with E-state index in [2.05, 4.69) is 15.3 Å². The van der Waals surface area contributed by atoms with Gasteiger partial charge in [0.15, 0.2) is 0 Å². The van der Waals surface area contributed by atoms with Crippen molar-refractivity contribution in [3.05, 3.63) is 35.7 Å². The van der Waals surface area contributed by atoms with Gasteiger partial charge >= 0.3 is 0 Å². The predicted molar refractivity (Wildman–Crippen MR) is 86.5 cm³/mol. The average Bonchev–Trinajstić information content (AvgIpc) is 2.59. The van der Waals surface area contributed by atoms with Crippen LogP contribution in [0.25, 0.3) is 0 Å². The highest BCUT2D eigenvalue weighted by molar-refractivity contribution is 6.06. The van der Waals surface area contributed by atoms with Crippen molar-refractivity contribution >= 4 is 17.5 Å². The van der Waals surface area contributed by atoms with Crippen LogP contribution in [0.2, 0.25) is 0 Å². The number of amides is 1. The zero-order valence-electron chi connectivity index (χ0n) is 13.3. The summed E-state index contributed by atoms with van der Waals surface area (Å²) in [6.07, 6.45) is 0. The van der Waals surface area contributed by atoms with Gasteiger partial charge in [-0.15, -0.1) is 0 Å². The fourth-order valence-corrected chi connectivity index (χ4v) is 2.46. The maximum Gasteiger partial charge on any atom is 0.277 e. The highest BCUT2D eigenvalue weighted by atomic mass is 16.5. The van der Waals surface area contributed by atoms with Gasteiger partial charge in [-0.05, 0) is 25.1 Å². The number of hydrogen-bond acceptors (Lipinski definition) is 6. The monoisotopic (exact) mass is 314 g/mol. The van der Waals surface area contributed by atoms with E-state index in [0.717, 1.165) is 5.69 Å². The summed E-state index contributed by atoms with van der Waals surface area (Å²) in [4.78, 5) is 23.0. The van der Waals surface area contributed by atoms with Crippen LogP contribution in [0.15, 0.2) is 24.3 Å². The molecule has 0 radical (unpaired) electrons. The van der Waals surface area contributed by atoms with E-state index in [-0.39, 0.29) is 5.91 Å². The molecule has 0 atom stereocenters. The summed E-state index contributed by atoms with van der Waals surface area (Å²) >= 11 is 0. The number of fused-ring (bicyclic) bond motifs is 1. The molecule has 2 aromatic rings. The van der Waals surface area contributed by atoms with Gasteiger partial charge in [-0.3, -0.25) is 9.69 Å². The number of nitrogens with zero attached hydrogens (tertiary/aromatic N) is 3. The summed E-state index contributed by atoms with van der Waals surface area (Å²) in [5, 5.41) is 2.87. The smallest absolute Gasteiger partial charge is 0.277 e. The second kappa shape index (κ2) is 6.12. The fourth-order valence-electron chi connectivity index (χ4n) is 2.46. The van der Waals surface area contributed by atoms with Crippen molar-refractivity contribution in [3.63, 3.8) is 0 Å². The number of nitrogens with one attached hydrogen (secondary N) is 1. The minimum Gasteiger partial charge on any atom is -0.497 e. The zero-order chi connectivity index (χ0) is 16.4. The molecule has 1 aromatic heterocycles. The van der Waals surface area contributed by atoms with E-state index in [4.69, 9.17) is 9.47 Å². The van der Waals surface area contributed by atoms with E-state index in [9.17, 15) is 4.79 Å². The molecular formula is C16H18N4O3. The number of anilines is 2. The molecule has 0 fully saturated rings. The maximum atomic E-state index is 12.9. The number of aryl methyl sites for hydroxylation is 1. The Morgan fingerprint density at radius 3 is 2.91 bits per heavy atom. The molecule has 0 saturated carbocycles. The molecule has 0 bridgehead atoms. The number of hydrogen-bond donors (Lipinski definition) is 1. The molecule has 7 heteroatoms. The molecule has 3 rings (SSSR count). The summed E-state index contributed by atoms with van der Waals surface area (Å²) in [5.74, 6) is 1.56. The lowest BCUT2D eigenvalue weighted by Crippen LogP contribution is -2.38. The number of rotatable bonds is 3. The molecule has 1 aliphatic rings. The molecule has 0 unspecified atom stereocenters. The molecule has 1 amide bonds. The van der Waals surface area contributed by atoms with E-state index in [1.54, 1.807) is 43.3 Å². The van der Waals surface area contributed by atoms with Gasteiger partial charge < -0.3 is 14.8 Å². The molecule has 1 N–H and O–H groups in total. The summed E-state index contributed by atoms with van der Waals surface area (Å²) in [6.45, 7) is 2.72. The Morgan fingerprint density at radius 2 is 2.17 bits per heavy atom. The van der Waals surface area contributed by atoms with Crippen molar-refractivity contribution in [2.24, 2.45) is 0 Å². The van der Waals surface area contributed by atoms with Crippen molar-refractivity contribution in [1.29, 1.82) is 0 Å². The molecule has 2 heterocycles. The molecule has 0 aliphatic carbocycles. The first-order chi connectivity index (χ1) is 11.1. The number of carbonyl (C=O) groups is 1. The molecule has 0 spiro atoms. The Kier molecular flexibility index (Phi) is 4.01. The van der Waals surface area contributed by atoms with Crippen LogP contribution in [0.4, 0.5) is 11.6 Å². The number of benzene rings is 1. The van der Waals surface area contributed by atoms with Crippen LogP contribution in [0.1, 0.15) is 16.2 Å².